The molecule has 0 N–H and O–H groups in total. The zero-order valence-corrected chi connectivity index (χ0v) is 8.62. The number of benzene rings is 1. The molecule has 2 rings (SSSR count). The van der Waals surface area contributed by atoms with E-state index in [4.69, 9.17) is 5.26 Å². The van der Waals surface area contributed by atoms with Crippen molar-refractivity contribution in [2.24, 2.45) is 0 Å². The lowest BCUT2D eigenvalue weighted by molar-refractivity contribution is 0.953. The molecular weight excluding hydrogens is 172 g/mol. The number of fused-ring (bicyclic) bond motifs is 1. The molecule has 0 aromatic heterocycles. The van der Waals surface area contributed by atoms with Gasteiger partial charge in [0.2, 0.25) is 0 Å². The van der Waals surface area contributed by atoms with Gasteiger partial charge in [-0.25, -0.2) is 0 Å². The molecule has 1 aromatic rings. The van der Waals surface area contributed by atoms with Crippen molar-refractivity contribution in [2.45, 2.75) is 19.3 Å². The molecule has 0 saturated heterocycles. The number of nitriles is 1. The van der Waals surface area contributed by atoms with Gasteiger partial charge < -0.3 is 4.90 Å². The Balaban J connectivity index is 2.38. The van der Waals surface area contributed by atoms with E-state index in [1.807, 2.05) is 6.92 Å². The first-order valence-electron chi connectivity index (χ1n) is 4.96. The van der Waals surface area contributed by atoms with E-state index in [2.05, 4.69) is 36.2 Å². The van der Waals surface area contributed by atoms with Crippen LogP contribution in [0.2, 0.25) is 0 Å². The molecule has 1 aromatic carbocycles. The molecule has 2 heteroatoms. The Labute approximate surface area is 84.8 Å². The Bertz CT molecular complexity index is 390. The molecule has 0 fully saturated rings. The third-order valence-corrected chi connectivity index (χ3v) is 2.92. The zero-order chi connectivity index (χ0) is 10.1. The second kappa shape index (κ2) is 3.34. The van der Waals surface area contributed by atoms with Gasteiger partial charge in [0.05, 0.1) is 12.0 Å². The Hall–Kier alpha value is -1.49. The summed E-state index contributed by atoms with van der Waals surface area (Å²) >= 11 is 0. The first kappa shape index (κ1) is 9.08. The van der Waals surface area contributed by atoms with E-state index in [0.29, 0.717) is 0 Å². The van der Waals surface area contributed by atoms with E-state index in [-0.39, 0.29) is 5.92 Å². The van der Waals surface area contributed by atoms with Crippen molar-refractivity contribution >= 4 is 5.69 Å². The minimum Gasteiger partial charge on any atom is -0.374 e. The molecule has 0 spiro atoms. The van der Waals surface area contributed by atoms with E-state index in [1.54, 1.807) is 0 Å². The lowest BCUT2D eigenvalue weighted by Crippen LogP contribution is -2.12. The van der Waals surface area contributed by atoms with Crippen LogP contribution in [0, 0.1) is 11.3 Å². The predicted molar refractivity (Wildman–Crippen MR) is 57.4 cm³/mol. The van der Waals surface area contributed by atoms with E-state index < -0.39 is 0 Å². The Kier molecular flexibility index (Phi) is 2.17. The van der Waals surface area contributed by atoms with Crippen LogP contribution in [0.5, 0.6) is 0 Å². The van der Waals surface area contributed by atoms with Crippen LogP contribution < -0.4 is 4.90 Å². The topological polar surface area (TPSA) is 27.0 Å². The highest BCUT2D eigenvalue weighted by Crippen LogP contribution is 2.29. The third kappa shape index (κ3) is 1.35. The predicted octanol–water partition coefficient (Wildman–Crippen LogP) is 2.31. The van der Waals surface area contributed by atoms with Gasteiger partial charge >= 0.3 is 0 Å². The second-order valence-corrected chi connectivity index (χ2v) is 3.91. The van der Waals surface area contributed by atoms with Crippen molar-refractivity contribution in [1.82, 2.24) is 0 Å². The molecule has 1 heterocycles. The molecule has 0 saturated carbocycles. The van der Waals surface area contributed by atoms with Gasteiger partial charge in [-0.05, 0) is 30.5 Å². The highest BCUT2D eigenvalue weighted by atomic mass is 15.1. The Morgan fingerprint density at radius 3 is 3.00 bits per heavy atom. The molecular formula is C12H14N2. The maximum Gasteiger partial charge on any atom is 0.0700 e. The van der Waals surface area contributed by atoms with Gasteiger partial charge in [-0.3, -0.25) is 0 Å². The van der Waals surface area contributed by atoms with Crippen molar-refractivity contribution in [2.75, 3.05) is 18.5 Å². The van der Waals surface area contributed by atoms with Gasteiger partial charge in [0.25, 0.3) is 0 Å². The van der Waals surface area contributed by atoms with Crippen molar-refractivity contribution in [1.29, 1.82) is 5.26 Å². The van der Waals surface area contributed by atoms with E-state index in [1.165, 1.54) is 11.3 Å². The smallest absolute Gasteiger partial charge is 0.0700 e. The first-order valence-corrected chi connectivity index (χ1v) is 4.96. The van der Waals surface area contributed by atoms with Gasteiger partial charge in [-0.2, -0.15) is 5.26 Å². The molecule has 0 radical (unpaired) electrons. The van der Waals surface area contributed by atoms with Crippen LogP contribution in [-0.4, -0.2) is 13.6 Å². The largest absolute Gasteiger partial charge is 0.374 e. The summed E-state index contributed by atoms with van der Waals surface area (Å²) in [4.78, 5) is 2.26. The fourth-order valence-electron chi connectivity index (χ4n) is 1.93. The molecule has 72 valence electrons. The average molecular weight is 186 g/mol. The Morgan fingerprint density at radius 1 is 1.50 bits per heavy atom. The summed E-state index contributed by atoms with van der Waals surface area (Å²) in [5.74, 6) is 0.00575. The van der Waals surface area contributed by atoms with Crippen LogP contribution in [0.25, 0.3) is 0 Å². The second-order valence-electron chi connectivity index (χ2n) is 3.91. The summed E-state index contributed by atoms with van der Waals surface area (Å²) in [6, 6.07) is 8.64. The number of hydrogen-bond donors (Lipinski definition) is 0. The summed E-state index contributed by atoms with van der Waals surface area (Å²) in [6.07, 6.45) is 1.11. The highest BCUT2D eigenvalue weighted by Gasteiger charge is 2.16. The van der Waals surface area contributed by atoms with Crippen molar-refractivity contribution in [3.63, 3.8) is 0 Å². The number of rotatable bonds is 1. The lowest BCUT2D eigenvalue weighted by atomic mass is 9.99. The minimum atomic E-state index is 0.00575. The van der Waals surface area contributed by atoms with Gasteiger partial charge in [0.15, 0.2) is 0 Å². The van der Waals surface area contributed by atoms with Crippen LogP contribution in [-0.2, 0) is 6.42 Å². The Morgan fingerprint density at radius 2 is 2.29 bits per heavy atom. The molecule has 2 nitrogen and oxygen atoms in total. The number of likely N-dealkylation sites (N-methyl/N-ethyl adjacent to an activating group) is 1. The molecule has 0 bridgehead atoms. The zero-order valence-electron chi connectivity index (χ0n) is 8.62. The van der Waals surface area contributed by atoms with Gasteiger partial charge in [-0.1, -0.05) is 12.1 Å². The summed E-state index contributed by atoms with van der Waals surface area (Å²) in [7, 11) is 2.11. The molecule has 1 aliphatic rings. The fourth-order valence-corrected chi connectivity index (χ4v) is 1.93. The van der Waals surface area contributed by atoms with Gasteiger partial charge in [-0.15, -0.1) is 0 Å². The van der Waals surface area contributed by atoms with E-state index in [0.717, 1.165) is 18.5 Å². The van der Waals surface area contributed by atoms with Crippen molar-refractivity contribution < 1.29 is 0 Å². The van der Waals surface area contributed by atoms with Gasteiger partial charge in [0.1, 0.15) is 0 Å². The summed E-state index contributed by atoms with van der Waals surface area (Å²) in [5.41, 5.74) is 3.84. The quantitative estimate of drug-likeness (QED) is 0.673. The number of nitrogens with zero attached hydrogens (tertiary/aromatic N) is 2. The number of anilines is 1. The van der Waals surface area contributed by atoms with Crippen LogP contribution >= 0.6 is 0 Å². The standard InChI is InChI=1S/C12H14N2/c1-9(8-13)10-3-4-12-11(7-10)5-6-14(12)2/h3-4,7,9H,5-6H2,1-2H3. The van der Waals surface area contributed by atoms with Crippen LogP contribution in [0.4, 0.5) is 5.69 Å². The van der Waals surface area contributed by atoms with Crippen molar-refractivity contribution in [3.05, 3.63) is 29.3 Å². The molecule has 0 amide bonds. The van der Waals surface area contributed by atoms with E-state index in [9.17, 15) is 0 Å². The molecule has 1 atom stereocenters. The summed E-state index contributed by atoms with van der Waals surface area (Å²) < 4.78 is 0. The molecule has 1 aliphatic heterocycles. The molecule has 1 unspecified atom stereocenters. The average Bonchev–Trinajstić information content (AvgIpc) is 2.59. The van der Waals surface area contributed by atoms with Crippen LogP contribution in [0.3, 0.4) is 0 Å². The maximum absolute atomic E-state index is 8.83. The third-order valence-electron chi connectivity index (χ3n) is 2.92. The first-order chi connectivity index (χ1) is 6.72. The molecule has 14 heavy (non-hydrogen) atoms. The fraction of sp³-hybridized carbons (Fsp3) is 0.417. The van der Waals surface area contributed by atoms with E-state index >= 15 is 0 Å². The maximum atomic E-state index is 8.83. The molecule has 0 aliphatic carbocycles. The van der Waals surface area contributed by atoms with Crippen LogP contribution in [0.15, 0.2) is 18.2 Å². The highest BCUT2D eigenvalue weighted by molar-refractivity contribution is 5.59. The summed E-state index contributed by atoms with van der Waals surface area (Å²) in [6.45, 7) is 3.04. The summed E-state index contributed by atoms with van der Waals surface area (Å²) in [5, 5.41) is 8.83. The monoisotopic (exact) mass is 186 g/mol. The minimum absolute atomic E-state index is 0.00575. The SMILES string of the molecule is CC(C#N)c1ccc2c(c1)CCN2C. The van der Waals surface area contributed by atoms with Crippen molar-refractivity contribution in [3.8, 4) is 6.07 Å². The number of hydrogen-bond acceptors (Lipinski definition) is 2. The van der Waals surface area contributed by atoms with Gasteiger partial charge in [0, 0.05) is 19.3 Å². The lowest BCUT2D eigenvalue weighted by Gasteiger charge is -2.12. The normalized spacial score (nSPS) is 16.2. The van der Waals surface area contributed by atoms with Crippen LogP contribution in [0.1, 0.15) is 24.0 Å².